The summed E-state index contributed by atoms with van der Waals surface area (Å²) in [5, 5.41) is 0. The van der Waals surface area contributed by atoms with Gasteiger partial charge in [-0.25, -0.2) is 0 Å². The molecule has 1 saturated heterocycles. The fraction of sp³-hybridized carbons (Fsp3) is 0.500. The van der Waals surface area contributed by atoms with Crippen LogP contribution in [0.4, 0.5) is 11.4 Å². The third-order valence-electron chi connectivity index (χ3n) is 3.02. The zero-order valence-corrected chi connectivity index (χ0v) is 8.74. The van der Waals surface area contributed by atoms with Gasteiger partial charge in [0, 0.05) is 24.5 Å². The lowest BCUT2D eigenvalue weighted by Gasteiger charge is -2.32. The molecule has 0 unspecified atom stereocenters. The minimum Gasteiger partial charge on any atom is -0.399 e. The highest BCUT2D eigenvalue weighted by Gasteiger charge is 2.15. The van der Waals surface area contributed by atoms with Gasteiger partial charge < -0.3 is 10.6 Å². The van der Waals surface area contributed by atoms with Crippen LogP contribution in [0, 0.1) is 5.92 Å². The smallest absolute Gasteiger partial charge is 0.0386 e. The summed E-state index contributed by atoms with van der Waals surface area (Å²) in [6.07, 6.45) is 2.60. The van der Waals surface area contributed by atoms with Gasteiger partial charge in [0.1, 0.15) is 0 Å². The van der Waals surface area contributed by atoms with Gasteiger partial charge in [-0.05, 0) is 37.0 Å². The third-order valence-corrected chi connectivity index (χ3v) is 3.02. The average molecular weight is 190 g/mol. The molecule has 2 rings (SSSR count). The number of piperidine rings is 1. The number of nitrogens with two attached hydrogens (primary N) is 1. The molecule has 1 heterocycles. The van der Waals surface area contributed by atoms with E-state index in [9.17, 15) is 0 Å². The molecule has 0 amide bonds. The first-order valence-corrected chi connectivity index (χ1v) is 5.36. The molecule has 1 aromatic rings. The van der Waals surface area contributed by atoms with E-state index in [0.717, 1.165) is 11.6 Å². The first-order chi connectivity index (χ1) is 6.75. The maximum absolute atomic E-state index is 5.77. The number of rotatable bonds is 1. The molecular formula is C12H18N2. The van der Waals surface area contributed by atoms with Crippen LogP contribution >= 0.6 is 0 Å². The van der Waals surface area contributed by atoms with E-state index in [0.29, 0.717) is 0 Å². The summed E-state index contributed by atoms with van der Waals surface area (Å²) in [7, 11) is 0. The van der Waals surface area contributed by atoms with Crippen LogP contribution in [0.1, 0.15) is 19.8 Å². The van der Waals surface area contributed by atoms with Crippen LogP contribution in [-0.4, -0.2) is 13.1 Å². The number of anilines is 2. The summed E-state index contributed by atoms with van der Waals surface area (Å²) < 4.78 is 0. The molecule has 0 bridgehead atoms. The minimum absolute atomic E-state index is 0.862. The summed E-state index contributed by atoms with van der Waals surface area (Å²) in [5.74, 6) is 0.882. The zero-order chi connectivity index (χ0) is 9.97. The number of benzene rings is 1. The second kappa shape index (κ2) is 3.91. The highest BCUT2D eigenvalue weighted by Crippen LogP contribution is 2.23. The van der Waals surface area contributed by atoms with Crippen LogP contribution in [0.2, 0.25) is 0 Å². The van der Waals surface area contributed by atoms with E-state index < -0.39 is 0 Å². The predicted molar refractivity (Wildman–Crippen MR) is 61.5 cm³/mol. The Hall–Kier alpha value is -1.18. The van der Waals surface area contributed by atoms with Crippen molar-refractivity contribution in [2.24, 2.45) is 5.92 Å². The SMILES string of the molecule is CC1CCN(c2cccc(N)c2)CC1. The van der Waals surface area contributed by atoms with Crippen LogP contribution in [0.15, 0.2) is 24.3 Å². The van der Waals surface area contributed by atoms with Gasteiger partial charge in [0.05, 0.1) is 0 Å². The van der Waals surface area contributed by atoms with E-state index in [-0.39, 0.29) is 0 Å². The van der Waals surface area contributed by atoms with Crippen molar-refractivity contribution < 1.29 is 0 Å². The van der Waals surface area contributed by atoms with Crippen LogP contribution < -0.4 is 10.6 Å². The normalized spacial score (nSPS) is 18.5. The topological polar surface area (TPSA) is 29.3 Å². The molecule has 2 heteroatoms. The maximum Gasteiger partial charge on any atom is 0.0386 e. The van der Waals surface area contributed by atoms with E-state index in [4.69, 9.17) is 5.73 Å². The molecule has 76 valence electrons. The molecule has 1 aromatic carbocycles. The lowest BCUT2D eigenvalue weighted by atomic mass is 9.99. The fourth-order valence-electron chi connectivity index (χ4n) is 1.99. The Kier molecular flexibility index (Phi) is 2.62. The van der Waals surface area contributed by atoms with Crippen LogP contribution in [-0.2, 0) is 0 Å². The van der Waals surface area contributed by atoms with E-state index in [1.165, 1.54) is 31.6 Å². The van der Waals surface area contributed by atoms with Crippen LogP contribution in [0.25, 0.3) is 0 Å². The van der Waals surface area contributed by atoms with Gasteiger partial charge in [-0.15, -0.1) is 0 Å². The standard InChI is InChI=1S/C12H18N2/c1-10-5-7-14(8-6-10)12-4-2-3-11(13)9-12/h2-4,9-10H,5-8,13H2,1H3. The van der Waals surface area contributed by atoms with E-state index in [2.05, 4.69) is 24.0 Å². The molecule has 0 aliphatic carbocycles. The minimum atomic E-state index is 0.862. The molecule has 1 aliphatic rings. The lowest BCUT2D eigenvalue weighted by Crippen LogP contribution is -2.32. The summed E-state index contributed by atoms with van der Waals surface area (Å²) in [6.45, 7) is 4.67. The highest BCUT2D eigenvalue weighted by molar-refractivity contribution is 5.56. The zero-order valence-electron chi connectivity index (χ0n) is 8.74. The van der Waals surface area contributed by atoms with Gasteiger partial charge >= 0.3 is 0 Å². The summed E-state index contributed by atoms with van der Waals surface area (Å²) in [6, 6.07) is 8.18. The highest BCUT2D eigenvalue weighted by atomic mass is 15.1. The van der Waals surface area contributed by atoms with Crippen molar-refractivity contribution in [3.05, 3.63) is 24.3 Å². The Labute approximate surface area is 85.7 Å². The predicted octanol–water partition coefficient (Wildman–Crippen LogP) is 2.51. The molecule has 1 aliphatic heterocycles. The van der Waals surface area contributed by atoms with Gasteiger partial charge in [0.25, 0.3) is 0 Å². The van der Waals surface area contributed by atoms with Crippen molar-refractivity contribution in [2.45, 2.75) is 19.8 Å². The maximum atomic E-state index is 5.77. The Bertz CT molecular complexity index is 301. The second-order valence-electron chi connectivity index (χ2n) is 4.26. The fourth-order valence-corrected chi connectivity index (χ4v) is 1.99. The van der Waals surface area contributed by atoms with Crippen LogP contribution in [0.5, 0.6) is 0 Å². The van der Waals surface area contributed by atoms with E-state index >= 15 is 0 Å². The van der Waals surface area contributed by atoms with Gasteiger partial charge in [0.2, 0.25) is 0 Å². The molecule has 2 N–H and O–H groups in total. The third kappa shape index (κ3) is 2.00. The number of nitrogens with zero attached hydrogens (tertiary/aromatic N) is 1. The summed E-state index contributed by atoms with van der Waals surface area (Å²) >= 11 is 0. The molecule has 0 spiro atoms. The molecule has 14 heavy (non-hydrogen) atoms. The quantitative estimate of drug-likeness (QED) is 0.689. The first-order valence-electron chi connectivity index (χ1n) is 5.36. The lowest BCUT2D eigenvalue weighted by molar-refractivity contribution is 0.438. The number of hydrogen-bond acceptors (Lipinski definition) is 2. The van der Waals surface area contributed by atoms with Crippen molar-refractivity contribution >= 4 is 11.4 Å². The van der Waals surface area contributed by atoms with Crippen molar-refractivity contribution in [1.82, 2.24) is 0 Å². The number of nitrogen functional groups attached to an aromatic ring is 1. The largest absolute Gasteiger partial charge is 0.399 e. The molecule has 0 atom stereocenters. The van der Waals surface area contributed by atoms with Crippen molar-refractivity contribution in [3.8, 4) is 0 Å². The van der Waals surface area contributed by atoms with Gasteiger partial charge in [-0.2, -0.15) is 0 Å². The van der Waals surface area contributed by atoms with Crippen molar-refractivity contribution in [1.29, 1.82) is 0 Å². The van der Waals surface area contributed by atoms with Gasteiger partial charge in [-0.1, -0.05) is 13.0 Å². The van der Waals surface area contributed by atoms with Gasteiger partial charge in [0.15, 0.2) is 0 Å². The van der Waals surface area contributed by atoms with E-state index in [1.807, 2.05) is 12.1 Å². The molecule has 1 fully saturated rings. The molecule has 0 radical (unpaired) electrons. The second-order valence-corrected chi connectivity index (χ2v) is 4.26. The van der Waals surface area contributed by atoms with Gasteiger partial charge in [-0.3, -0.25) is 0 Å². The van der Waals surface area contributed by atoms with Crippen LogP contribution in [0.3, 0.4) is 0 Å². The van der Waals surface area contributed by atoms with Crippen molar-refractivity contribution in [3.63, 3.8) is 0 Å². The Balaban J connectivity index is 2.08. The summed E-state index contributed by atoms with van der Waals surface area (Å²) in [4.78, 5) is 2.43. The molecule has 0 saturated carbocycles. The molecular weight excluding hydrogens is 172 g/mol. The Morgan fingerprint density at radius 1 is 1.29 bits per heavy atom. The Morgan fingerprint density at radius 2 is 2.00 bits per heavy atom. The molecule has 0 aromatic heterocycles. The Morgan fingerprint density at radius 3 is 2.64 bits per heavy atom. The number of hydrogen-bond donors (Lipinski definition) is 1. The summed E-state index contributed by atoms with van der Waals surface area (Å²) in [5.41, 5.74) is 7.90. The first kappa shape index (κ1) is 9.38. The average Bonchev–Trinajstić information content (AvgIpc) is 2.19. The molecule has 2 nitrogen and oxygen atoms in total. The monoisotopic (exact) mass is 190 g/mol. The van der Waals surface area contributed by atoms with Crippen molar-refractivity contribution in [2.75, 3.05) is 23.7 Å². The van der Waals surface area contributed by atoms with E-state index in [1.54, 1.807) is 0 Å².